The van der Waals surface area contributed by atoms with Crippen LogP contribution in [0, 0.1) is 9.64 Å². The van der Waals surface area contributed by atoms with Crippen molar-refractivity contribution in [2.45, 2.75) is 0 Å². The average Bonchev–Trinajstić information content (AvgIpc) is 2.36. The van der Waals surface area contributed by atoms with E-state index < -0.39 is 0 Å². The van der Waals surface area contributed by atoms with Crippen molar-refractivity contribution in [3.8, 4) is 11.1 Å². The maximum atomic E-state index is 5.04. The van der Waals surface area contributed by atoms with Crippen molar-refractivity contribution in [3.63, 3.8) is 0 Å². The third-order valence-corrected chi connectivity index (χ3v) is 2.23. The van der Waals surface area contributed by atoms with Crippen LogP contribution < -0.4 is 0 Å². The van der Waals surface area contributed by atoms with Gasteiger partial charge in [-0.05, 0) is 28.7 Å². The molecule has 2 rings (SSSR count). The van der Waals surface area contributed by atoms with Crippen molar-refractivity contribution < 1.29 is 4.42 Å². The molecule has 0 saturated carbocycles. The largest absolute Gasteiger partial charge is 0.471 e. The van der Waals surface area contributed by atoms with Gasteiger partial charge >= 0.3 is 0 Å². The Hall–Kier alpha value is -0.510. The fourth-order valence-electron chi connectivity index (χ4n) is 0.913. The van der Waals surface area contributed by atoms with Crippen LogP contribution in [0.1, 0.15) is 0 Å². The second kappa shape index (κ2) is 2.27. The predicted molar refractivity (Wildman–Crippen MR) is 46.9 cm³/mol. The van der Waals surface area contributed by atoms with E-state index in [1.54, 1.807) is 12.5 Å². The molecule has 1 aliphatic heterocycles. The minimum Gasteiger partial charge on any atom is -0.471 e. The molecule has 0 spiro atoms. The first-order valence-corrected chi connectivity index (χ1v) is 3.98. The van der Waals surface area contributed by atoms with E-state index in [0.29, 0.717) is 0 Å². The fraction of sp³-hybridized carbons (Fsp3) is 0. The van der Waals surface area contributed by atoms with Gasteiger partial charge in [0.1, 0.15) is 6.26 Å². The Morgan fingerprint density at radius 1 is 1.40 bits per heavy atom. The van der Waals surface area contributed by atoms with Gasteiger partial charge < -0.3 is 4.42 Å². The van der Waals surface area contributed by atoms with Crippen LogP contribution in [0.15, 0.2) is 29.1 Å². The van der Waals surface area contributed by atoms with E-state index in [0.717, 1.165) is 9.13 Å². The quantitative estimate of drug-likeness (QED) is 0.648. The van der Waals surface area contributed by atoms with Gasteiger partial charge in [-0.15, -0.1) is 0 Å². The van der Waals surface area contributed by atoms with Crippen molar-refractivity contribution in [1.82, 2.24) is 0 Å². The number of hydrogen-bond acceptors (Lipinski definition) is 1. The van der Waals surface area contributed by atoms with Crippen LogP contribution >= 0.6 is 22.6 Å². The van der Waals surface area contributed by atoms with Crippen molar-refractivity contribution >= 4 is 22.6 Å². The Balaban J connectivity index is 2.80. The summed E-state index contributed by atoms with van der Waals surface area (Å²) in [6, 6.07) is 7.00. The van der Waals surface area contributed by atoms with Gasteiger partial charge in [0.15, 0.2) is 0 Å². The molecule has 0 aromatic carbocycles. The molecule has 0 aromatic rings. The van der Waals surface area contributed by atoms with Crippen molar-refractivity contribution in [2.75, 3.05) is 0 Å². The van der Waals surface area contributed by atoms with Gasteiger partial charge in [-0.2, -0.15) is 0 Å². The molecule has 0 bridgehead atoms. The highest BCUT2D eigenvalue weighted by Gasteiger charge is 2.05. The molecule has 0 N–H and O–H groups in total. The topological polar surface area (TPSA) is 13.1 Å². The Morgan fingerprint density at radius 2 is 2.30 bits per heavy atom. The predicted octanol–water partition coefficient (Wildman–Crippen LogP) is 2.79. The molecule has 1 aliphatic carbocycles. The second-order valence-electron chi connectivity index (χ2n) is 2.02. The van der Waals surface area contributed by atoms with Gasteiger partial charge in [0.25, 0.3) is 0 Å². The molecule has 0 amide bonds. The minimum absolute atomic E-state index is 1.05. The number of fused-ring (bicyclic) bond motifs is 1. The summed E-state index contributed by atoms with van der Waals surface area (Å²) >= 11 is 2.24. The molecule has 1 radical (unpaired) electrons. The minimum atomic E-state index is 1.05. The molecule has 2 heteroatoms. The Bertz CT molecular complexity index is 313. The standard InChI is InChI=1S/C8H4IO/c9-8-5-10-4-6-2-1-3-7(6)8/h1,3-5H. The first kappa shape index (κ1) is 6.22. The zero-order chi connectivity index (χ0) is 6.97. The van der Waals surface area contributed by atoms with Gasteiger partial charge in [0.2, 0.25) is 0 Å². The molecule has 1 heterocycles. The molecular weight excluding hydrogens is 239 g/mol. The van der Waals surface area contributed by atoms with Crippen molar-refractivity contribution in [3.05, 3.63) is 34.3 Å². The molecule has 0 fully saturated rings. The van der Waals surface area contributed by atoms with Crippen LogP contribution in [-0.4, -0.2) is 0 Å². The smallest absolute Gasteiger partial charge is 0.104 e. The summed E-state index contributed by atoms with van der Waals surface area (Å²) in [5.41, 5.74) is 2.26. The zero-order valence-electron chi connectivity index (χ0n) is 5.10. The first-order valence-electron chi connectivity index (χ1n) is 2.90. The Labute approximate surface area is 72.5 Å². The van der Waals surface area contributed by atoms with E-state index in [4.69, 9.17) is 4.42 Å². The van der Waals surface area contributed by atoms with Gasteiger partial charge in [-0.25, -0.2) is 0 Å². The van der Waals surface area contributed by atoms with Gasteiger partial charge in [-0.3, -0.25) is 0 Å². The van der Waals surface area contributed by atoms with Gasteiger partial charge in [-0.1, -0.05) is 12.1 Å². The van der Waals surface area contributed by atoms with Crippen LogP contribution in [0.4, 0.5) is 0 Å². The lowest BCUT2D eigenvalue weighted by Gasteiger charge is -1.97. The first-order chi connectivity index (χ1) is 4.88. The molecule has 0 atom stereocenters. The van der Waals surface area contributed by atoms with E-state index in [2.05, 4.69) is 28.7 Å². The van der Waals surface area contributed by atoms with Gasteiger partial charge in [0.05, 0.1) is 9.83 Å². The number of halogens is 1. The Morgan fingerprint density at radius 3 is 3.10 bits per heavy atom. The molecular formula is C8H4IO. The van der Waals surface area contributed by atoms with Crippen LogP contribution in [-0.2, 0) is 0 Å². The summed E-state index contributed by atoms with van der Waals surface area (Å²) in [6.45, 7) is 0. The lowest BCUT2D eigenvalue weighted by Crippen LogP contribution is -1.76. The third kappa shape index (κ3) is 0.831. The maximum Gasteiger partial charge on any atom is 0.104 e. The highest BCUT2D eigenvalue weighted by atomic mass is 127. The number of rotatable bonds is 0. The highest BCUT2D eigenvalue weighted by Crippen LogP contribution is 2.26. The molecule has 1 nitrogen and oxygen atoms in total. The highest BCUT2D eigenvalue weighted by molar-refractivity contribution is 14.1. The summed E-state index contributed by atoms with van der Waals surface area (Å²) in [7, 11) is 0. The number of hydrogen-bond donors (Lipinski definition) is 0. The SMILES string of the molecule is Ic1cocc2[c]ccc1-2. The third-order valence-electron chi connectivity index (χ3n) is 1.39. The molecule has 0 saturated heterocycles. The fourth-order valence-corrected chi connectivity index (χ4v) is 1.53. The van der Waals surface area contributed by atoms with E-state index >= 15 is 0 Å². The molecule has 49 valence electrons. The summed E-state index contributed by atoms with van der Waals surface area (Å²) in [5.74, 6) is 0. The molecule has 10 heavy (non-hydrogen) atoms. The van der Waals surface area contributed by atoms with E-state index in [9.17, 15) is 0 Å². The summed E-state index contributed by atoms with van der Waals surface area (Å²) in [4.78, 5) is 0. The van der Waals surface area contributed by atoms with Crippen LogP contribution in [0.25, 0.3) is 11.1 Å². The summed E-state index contributed by atoms with van der Waals surface area (Å²) in [5, 5.41) is 0. The molecule has 2 aliphatic rings. The Kier molecular flexibility index (Phi) is 1.41. The maximum absolute atomic E-state index is 5.04. The van der Waals surface area contributed by atoms with Crippen molar-refractivity contribution in [1.29, 1.82) is 0 Å². The van der Waals surface area contributed by atoms with E-state index in [1.807, 2.05) is 12.1 Å². The normalized spacial score (nSPS) is 10.5. The monoisotopic (exact) mass is 243 g/mol. The lowest BCUT2D eigenvalue weighted by molar-refractivity contribution is 0.548. The average molecular weight is 243 g/mol. The van der Waals surface area contributed by atoms with Crippen LogP contribution in [0.2, 0.25) is 0 Å². The van der Waals surface area contributed by atoms with Crippen molar-refractivity contribution in [2.24, 2.45) is 0 Å². The van der Waals surface area contributed by atoms with E-state index in [-0.39, 0.29) is 0 Å². The second-order valence-corrected chi connectivity index (χ2v) is 3.19. The van der Waals surface area contributed by atoms with E-state index in [1.165, 1.54) is 5.56 Å². The summed E-state index contributed by atoms with van der Waals surface area (Å²) in [6.07, 6.45) is 3.44. The van der Waals surface area contributed by atoms with Crippen LogP contribution in [0.3, 0.4) is 0 Å². The molecule has 0 aromatic heterocycles. The lowest BCUT2D eigenvalue weighted by atomic mass is 10.2. The van der Waals surface area contributed by atoms with Gasteiger partial charge in [0, 0.05) is 11.1 Å². The zero-order valence-corrected chi connectivity index (χ0v) is 7.25. The summed E-state index contributed by atoms with van der Waals surface area (Å²) < 4.78 is 6.18. The molecule has 0 unspecified atom stereocenters. The van der Waals surface area contributed by atoms with Crippen LogP contribution in [0.5, 0.6) is 0 Å².